The molecule has 0 saturated heterocycles. The second kappa shape index (κ2) is 7.60. The van der Waals surface area contributed by atoms with Gasteiger partial charge in [0.15, 0.2) is 0 Å². The molecule has 0 aliphatic carbocycles. The summed E-state index contributed by atoms with van der Waals surface area (Å²) in [5, 5.41) is 8.82. The van der Waals surface area contributed by atoms with Gasteiger partial charge in [0, 0.05) is 15.2 Å². The summed E-state index contributed by atoms with van der Waals surface area (Å²) >= 11 is 1.96. The molecule has 1 N–H and O–H groups in total. The lowest BCUT2D eigenvalue weighted by molar-refractivity contribution is -0.136. The number of rotatable bonds is 3. The molecule has 0 unspecified atom stereocenters. The Hall–Kier alpha value is -2.32. The normalized spacial score (nSPS) is 16.6. The molecular formula is C23H26N2O2S. The van der Waals surface area contributed by atoms with Gasteiger partial charge in [0.1, 0.15) is 5.69 Å². The summed E-state index contributed by atoms with van der Waals surface area (Å²) < 4.78 is 0.224. The van der Waals surface area contributed by atoms with Crippen LogP contribution in [0.1, 0.15) is 69.1 Å². The predicted octanol–water partition coefficient (Wildman–Crippen LogP) is 4.62. The summed E-state index contributed by atoms with van der Waals surface area (Å²) in [6, 6.07) is 4.55. The van der Waals surface area contributed by atoms with Gasteiger partial charge in [-0.3, -0.25) is 9.78 Å². The van der Waals surface area contributed by atoms with Crippen LogP contribution in [0.5, 0.6) is 0 Å². The maximum Gasteiger partial charge on any atom is 0.309 e. The third-order valence-corrected chi connectivity index (χ3v) is 6.19. The largest absolute Gasteiger partial charge is 0.481 e. The first-order valence-corrected chi connectivity index (χ1v) is 10.3. The number of nitrogens with zero attached hydrogens (tertiary/aromatic N) is 2. The molecule has 1 aliphatic rings. The Morgan fingerprint density at radius 1 is 1.18 bits per heavy atom. The average molecular weight is 395 g/mol. The van der Waals surface area contributed by atoms with E-state index in [-0.39, 0.29) is 16.6 Å². The minimum absolute atomic E-state index is 0.102. The number of aryl methyl sites for hydroxylation is 1. The maximum atomic E-state index is 10.7. The van der Waals surface area contributed by atoms with Crippen molar-refractivity contribution in [1.29, 1.82) is 0 Å². The number of aromatic nitrogens is 2. The zero-order chi connectivity index (χ0) is 20.5. The van der Waals surface area contributed by atoms with E-state index in [0.717, 1.165) is 18.4 Å². The first-order valence-electron chi connectivity index (χ1n) is 9.51. The molecule has 3 rings (SSSR count). The Bertz CT molecular complexity index is 967. The molecule has 0 spiro atoms. The van der Waals surface area contributed by atoms with Crippen LogP contribution in [0.2, 0.25) is 0 Å². The van der Waals surface area contributed by atoms with Crippen molar-refractivity contribution in [3.8, 4) is 11.8 Å². The zero-order valence-corrected chi connectivity index (χ0v) is 17.9. The first-order chi connectivity index (χ1) is 13.1. The molecule has 0 fully saturated rings. The quantitative estimate of drug-likeness (QED) is 0.770. The van der Waals surface area contributed by atoms with Crippen molar-refractivity contribution in [2.45, 2.75) is 68.9 Å². The number of carbonyl (C=O) groups is 1. The van der Waals surface area contributed by atoms with Crippen LogP contribution in [-0.2, 0) is 23.1 Å². The molecule has 5 heteroatoms. The van der Waals surface area contributed by atoms with Gasteiger partial charge in [-0.25, -0.2) is 4.98 Å². The lowest BCUT2D eigenvalue weighted by Crippen LogP contribution is -2.33. The Morgan fingerprint density at radius 2 is 1.93 bits per heavy atom. The third-order valence-electron chi connectivity index (χ3n) is 4.93. The highest BCUT2D eigenvalue weighted by Crippen LogP contribution is 2.51. The summed E-state index contributed by atoms with van der Waals surface area (Å²) in [5.41, 5.74) is 4.71. The van der Waals surface area contributed by atoms with E-state index in [1.165, 1.54) is 28.4 Å². The van der Waals surface area contributed by atoms with Crippen LogP contribution in [0.4, 0.5) is 0 Å². The number of fused-ring (bicyclic) bond motifs is 1. The van der Waals surface area contributed by atoms with E-state index in [2.05, 4.69) is 68.6 Å². The predicted molar refractivity (Wildman–Crippen MR) is 113 cm³/mol. The zero-order valence-electron chi connectivity index (χ0n) is 17.1. The van der Waals surface area contributed by atoms with Crippen molar-refractivity contribution in [2.75, 3.05) is 0 Å². The topological polar surface area (TPSA) is 63.1 Å². The van der Waals surface area contributed by atoms with Crippen LogP contribution in [0, 0.1) is 11.8 Å². The minimum Gasteiger partial charge on any atom is -0.481 e. The van der Waals surface area contributed by atoms with Crippen molar-refractivity contribution < 1.29 is 9.90 Å². The SMILES string of the molecule is CCc1cc2c(cc1C#Cc1cnc(CC(=O)O)cn1)C(C)(C)CC(C)(C)S2. The highest BCUT2D eigenvalue weighted by molar-refractivity contribution is 8.00. The fraction of sp³-hybridized carbons (Fsp3) is 0.435. The van der Waals surface area contributed by atoms with Crippen LogP contribution in [-0.4, -0.2) is 25.8 Å². The molecule has 146 valence electrons. The van der Waals surface area contributed by atoms with Crippen molar-refractivity contribution >= 4 is 17.7 Å². The van der Waals surface area contributed by atoms with Crippen LogP contribution < -0.4 is 0 Å². The smallest absolute Gasteiger partial charge is 0.309 e. The van der Waals surface area contributed by atoms with Crippen molar-refractivity contribution in [2.24, 2.45) is 0 Å². The van der Waals surface area contributed by atoms with Gasteiger partial charge < -0.3 is 5.11 Å². The first kappa shape index (κ1) is 20.4. The number of carboxylic acid groups (broad SMARTS) is 1. The van der Waals surface area contributed by atoms with Crippen LogP contribution in [0.15, 0.2) is 29.4 Å². The number of carboxylic acids is 1. The Morgan fingerprint density at radius 3 is 2.54 bits per heavy atom. The maximum absolute atomic E-state index is 10.7. The van der Waals surface area contributed by atoms with Gasteiger partial charge in [-0.15, -0.1) is 11.8 Å². The van der Waals surface area contributed by atoms with Crippen LogP contribution in [0.25, 0.3) is 0 Å². The fourth-order valence-electron chi connectivity index (χ4n) is 3.93. The molecule has 4 nitrogen and oxygen atoms in total. The fourth-order valence-corrected chi connectivity index (χ4v) is 5.61. The Kier molecular flexibility index (Phi) is 5.54. The summed E-state index contributed by atoms with van der Waals surface area (Å²) in [4.78, 5) is 20.5. The van der Waals surface area contributed by atoms with E-state index in [0.29, 0.717) is 11.4 Å². The molecule has 0 atom stereocenters. The summed E-state index contributed by atoms with van der Waals surface area (Å²) in [6.45, 7) is 11.4. The Labute approximate surface area is 171 Å². The average Bonchev–Trinajstić information content (AvgIpc) is 2.58. The second-order valence-corrected chi connectivity index (χ2v) is 10.2. The standard InChI is InChI=1S/C23H26N2O2S/c1-6-15-10-20-19(22(2,3)14-23(4,5)28-20)9-16(15)7-8-17-12-25-18(13-24-17)11-21(26)27/h9-10,12-13H,6,11,14H2,1-5H3,(H,26,27). The molecule has 2 aromatic rings. The molecule has 1 aliphatic heterocycles. The summed E-state index contributed by atoms with van der Waals surface area (Å²) in [7, 11) is 0. The van der Waals surface area contributed by atoms with E-state index >= 15 is 0 Å². The molecule has 0 saturated carbocycles. The van der Waals surface area contributed by atoms with E-state index in [1.807, 2.05) is 11.8 Å². The van der Waals surface area contributed by atoms with Crippen LogP contribution in [0.3, 0.4) is 0 Å². The number of benzene rings is 1. The van der Waals surface area contributed by atoms with Crippen LogP contribution >= 0.6 is 11.8 Å². The van der Waals surface area contributed by atoms with Gasteiger partial charge in [-0.2, -0.15) is 0 Å². The van der Waals surface area contributed by atoms with Gasteiger partial charge in [-0.1, -0.05) is 40.5 Å². The van der Waals surface area contributed by atoms with Gasteiger partial charge in [0.05, 0.1) is 24.5 Å². The lowest BCUT2D eigenvalue weighted by Gasteiger charge is -2.42. The molecule has 0 radical (unpaired) electrons. The van der Waals surface area contributed by atoms with Gasteiger partial charge in [-0.05, 0) is 47.4 Å². The molecule has 28 heavy (non-hydrogen) atoms. The van der Waals surface area contributed by atoms with Gasteiger partial charge in [0.2, 0.25) is 0 Å². The number of thioether (sulfide) groups is 1. The summed E-state index contributed by atoms with van der Waals surface area (Å²) in [5.74, 6) is 5.44. The van der Waals surface area contributed by atoms with E-state index in [1.54, 1.807) is 0 Å². The molecule has 1 aromatic heterocycles. The van der Waals surface area contributed by atoms with Crippen molar-refractivity contribution in [3.63, 3.8) is 0 Å². The van der Waals surface area contributed by atoms with E-state index < -0.39 is 5.97 Å². The van der Waals surface area contributed by atoms with E-state index in [9.17, 15) is 4.79 Å². The minimum atomic E-state index is -0.918. The lowest BCUT2D eigenvalue weighted by atomic mass is 9.76. The number of hydrogen-bond donors (Lipinski definition) is 1. The second-order valence-electron chi connectivity index (χ2n) is 8.49. The molecule has 0 bridgehead atoms. The highest BCUT2D eigenvalue weighted by Gasteiger charge is 2.38. The monoisotopic (exact) mass is 394 g/mol. The molecular weight excluding hydrogens is 368 g/mol. The molecule has 2 heterocycles. The third kappa shape index (κ3) is 4.56. The summed E-state index contributed by atoms with van der Waals surface area (Å²) in [6.07, 6.45) is 4.92. The molecule has 0 amide bonds. The van der Waals surface area contributed by atoms with Crippen molar-refractivity contribution in [1.82, 2.24) is 9.97 Å². The highest BCUT2D eigenvalue weighted by atomic mass is 32.2. The Balaban J connectivity index is 1.96. The number of aliphatic carboxylic acids is 1. The van der Waals surface area contributed by atoms with Gasteiger partial charge >= 0.3 is 5.97 Å². The van der Waals surface area contributed by atoms with E-state index in [4.69, 9.17) is 5.11 Å². The van der Waals surface area contributed by atoms with Crippen molar-refractivity contribution in [3.05, 3.63) is 52.6 Å². The number of hydrogen-bond acceptors (Lipinski definition) is 4. The van der Waals surface area contributed by atoms with Gasteiger partial charge in [0.25, 0.3) is 0 Å². The molecule has 1 aromatic carbocycles.